The molecule has 0 radical (unpaired) electrons. The van der Waals surface area contributed by atoms with Gasteiger partial charge in [-0.3, -0.25) is 14.4 Å². The smallest absolute Gasteiger partial charge is 0.253 e. The maximum atomic E-state index is 13.0. The van der Waals surface area contributed by atoms with Crippen LogP contribution < -0.4 is 20.3 Å². The Balaban J connectivity index is 1.38. The first-order valence-corrected chi connectivity index (χ1v) is 11.4. The Labute approximate surface area is 193 Å². The quantitative estimate of drug-likeness (QED) is 0.643. The second-order valence-corrected chi connectivity index (χ2v) is 8.21. The fraction of sp³-hybridized carbons (Fsp3) is 0.400. The Kier molecular flexibility index (Phi) is 7.24. The minimum atomic E-state index is -0.507. The lowest BCUT2D eigenvalue weighted by Gasteiger charge is -2.18. The lowest BCUT2D eigenvalue weighted by Crippen LogP contribution is -2.33. The lowest BCUT2D eigenvalue weighted by atomic mass is 10.1. The first-order chi connectivity index (χ1) is 16.0. The number of nitrogens with zero attached hydrogens (tertiary/aromatic N) is 1. The molecule has 8 heteroatoms. The fourth-order valence-corrected chi connectivity index (χ4v) is 4.15. The van der Waals surface area contributed by atoms with Gasteiger partial charge in [0.1, 0.15) is 5.75 Å². The number of nitrogens with one attached hydrogen (secondary N) is 2. The summed E-state index contributed by atoms with van der Waals surface area (Å²) >= 11 is 0. The minimum absolute atomic E-state index is 0.0359. The Hall–Kier alpha value is -3.39. The van der Waals surface area contributed by atoms with E-state index in [0.29, 0.717) is 24.4 Å². The molecule has 0 unspecified atom stereocenters. The third-order valence-electron chi connectivity index (χ3n) is 5.90. The molecule has 0 bridgehead atoms. The number of hydrogen-bond donors (Lipinski definition) is 2. The number of anilines is 2. The van der Waals surface area contributed by atoms with E-state index in [-0.39, 0.29) is 36.8 Å². The van der Waals surface area contributed by atoms with E-state index < -0.39 is 5.92 Å². The van der Waals surface area contributed by atoms with Crippen LogP contribution in [0.15, 0.2) is 48.5 Å². The van der Waals surface area contributed by atoms with Gasteiger partial charge in [-0.1, -0.05) is 12.1 Å². The summed E-state index contributed by atoms with van der Waals surface area (Å²) in [4.78, 5) is 39.8. The first-order valence-electron chi connectivity index (χ1n) is 11.4. The van der Waals surface area contributed by atoms with E-state index in [0.717, 1.165) is 30.9 Å². The molecule has 4 rings (SSSR count). The number of para-hydroxylation sites is 1. The van der Waals surface area contributed by atoms with Crippen LogP contribution in [-0.2, 0) is 14.3 Å². The largest absolute Gasteiger partial charge is 0.494 e. The van der Waals surface area contributed by atoms with Crippen LogP contribution in [0, 0.1) is 5.92 Å². The number of benzene rings is 2. The third kappa shape index (κ3) is 5.51. The van der Waals surface area contributed by atoms with Gasteiger partial charge in [0, 0.05) is 31.8 Å². The van der Waals surface area contributed by atoms with E-state index in [4.69, 9.17) is 9.47 Å². The van der Waals surface area contributed by atoms with Crippen LogP contribution >= 0.6 is 0 Å². The number of hydrogen-bond acceptors (Lipinski definition) is 5. The Morgan fingerprint density at radius 3 is 2.67 bits per heavy atom. The number of amides is 3. The minimum Gasteiger partial charge on any atom is -0.494 e. The summed E-state index contributed by atoms with van der Waals surface area (Å²) in [5.41, 5.74) is 1.54. The highest BCUT2D eigenvalue weighted by molar-refractivity contribution is 6.07. The van der Waals surface area contributed by atoms with E-state index in [1.165, 1.54) is 0 Å². The van der Waals surface area contributed by atoms with E-state index in [1.54, 1.807) is 29.2 Å². The Bertz CT molecular complexity index is 1000. The van der Waals surface area contributed by atoms with Crippen molar-refractivity contribution in [3.63, 3.8) is 0 Å². The van der Waals surface area contributed by atoms with E-state index in [2.05, 4.69) is 10.6 Å². The average molecular weight is 452 g/mol. The number of ether oxygens (including phenoxy) is 2. The van der Waals surface area contributed by atoms with Gasteiger partial charge < -0.3 is 25.0 Å². The number of carbonyl (C=O) groups is 3. The van der Waals surface area contributed by atoms with Crippen molar-refractivity contribution >= 4 is 29.1 Å². The SMILES string of the molecule is CCOc1ccc(N2C[C@@H](C(=O)Nc3ccccc3C(=O)NC[C@H]3CCCO3)CC2=O)cc1. The zero-order valence-corrected chi connectivity index (χ0v) is 18.7. The van der Waals surface area contributed by atoms with Gasteiger partial charge in [0.15, 0.2) is 0 Å². The zero-order valence-electron chi connectivity index (χ0n) is 18.7. The van der Waals surface area contributed by atoms with Crippen molar-refractivity contribution in [3.8, 4) is 5.75 Å². The fourth-order valence-electron chi connectivity index (χ4n) is 4.15. The molecule has 2 N–H and O–H groups in total. The predicted molar refractivity (Wildman–Crippen MR) is 124 cm³/mol. The summed E-state index contributed by atoms with van der Waals surface area (Å²) in [7, 11) is 0. The maximum Gasteiger partial charge on any atom is 0.253 e. The molecule has 3 amide bonds. The molecule has 0 spiro atoms. The summed E-state index contributed by atoms with van der Waals surface area (Å²) in [5, 5.41) is 5.74. The first kappa shape index (κ1) is 22.8. The van der Waals surface area contributed by atoms with Crippen LogP contribution in [0.25, 0.3) is 0 Å². The molecule has 2 heterocycles. The zero-order chi connectivity index (χ0) is 23.2. The molecule has 2 atom stereocenters. The highest BCUT2D eigenvalue weighted by atomic mass is 16.5. The standard InChI is InChI=1S/C25H29N3O5/c1-2-32-19-11-9-18(10-12-19)28-16-17(14-23(28)29)24(30)27-22-8-4-3-7-21(22)25(31)26-15-20-6-5-13-33-20/h3-4,7-12,17,20H,2,5-6,13-16H2,1H3,(H,26,31)(H,27,30)/t17-,20+/m0/s1. The Morgan fingerprint density at radius 2 is 1.94 bits per heavy atom. The van der Waals surface area contributed by atoms with Crippen molar-refractivity contribution in [1.29, 1.82) is 0 Å². The van der Waals surface area contributed by atoms with Gasteiger partial charge in [0.05, 0.1) is 29.9 Å². The molecule has 33 heavy (non-hydrogen) atoms. The van der Waals surface area contributed by atoms with Crippen LogP contribution in [0.1, 0.15) is 36.5 Å². The molecule has 2 aliphatic rings. The highest BCUT2D eigenvalue weighted by Crippen LogP contribution is 2.28. The Morgan fingerprint density at radius 1 is 1.15 bits per heavy atom. The molecule has 0 aliphatic carbocycles. The molecule has 2 saturated heterocycles. The van der Waals surface area contributed by atoms with Gasteiger partial charge in [0.2, 0.25) is 11.8 Å². The molecule has 2 aliphatic heterocycles. The summed E-state index contributed by atoms with van der Waals surface area (Å²) in [6.07, 6.45) is 2.08. The molecule has 2 aromatic carbocycles. The summed E-state index contributed by atoms with van der Waals surface area (Å²) in [6.45, 7) is 3.92. The van der Waals surface area contributed by atoms with Gasteiger partial charge in [-0.25, -0.2) is 0 Å². The van der Waals surface area contributed by atoms with Crippen molar-refractivity contribution in [2.75, 3.05) is 36.5 Å². The molecule has 0 aromatic heterocycles. The number of carbonyl (C=O) groups excluding carboxylic acids is 3. The third-order valence-corrected chi connectivity index (χ3v) is 5.90. The summed E-state index contributed by atoms with van der Waals surface area (Å²) in [6, 6.07) is 14.1. The van der Waals surface area contributed by atoms with Crippen molar-refractivity contribution in [3.05, 3.63) is 54.1 Å². The van der Waals surface area contributed by atoms with Crippen molar-refractivity contribution < 1.29 is 23.9 Å². The molecular weight excluding hydrogens is 422 g/mol. The maximum absolute atomic E-state index is 13.0. The van der Waals surface area contributed by atoms with E-state index in [1.807, 2.05) is 31.2 Å². The molecule has 2 aromatic rings. The molecule has 0 saturated carbocycles. The summed E-state index contributed by atoms with van der Waals surface area (Å²) < 4.78 is 11.0. The second-order valence-electron chi connectivity index (χ2n) is 8.21. The van der Waals surface area contributed by atoms with Gasteiger partial charge in [-0.05, 0) is 56.2 Å². The lowest BCUT2D eigenvalue weighted by molar-refractivity contribution is -0.122. The van der Waals surface area contributed by atoms with Crippen LogP contribution in [0.4, 0.5) is 11.4 Å². The van der Waals surface area contributed by atoms with E-state index in [9.17, 15) is 14.4 Å². The summed E-state index contributed by atoms with van der Waals surface area (Å²) in [5.74, 6) is -0.429. The molecule has 174 valence electrons. The van der Waals surface area contributed by atoms with Crippen molar-refractivity contribution in [2.24, 2.45) is 5.92 Å². The van der Waals surface area contributed by atoms with Gasteiger partial charge in [-0.2, -0.15) is 0 Å². The average Bonchev–Trinajstić information content (AvgIpc) is 3.48. The second kappa shape index (κ2) is 10.5. The van der Waals surface area contributed by atoms with Crippen molar-refractivity contribution in [2.45, 2.75) is 32.3 Å². The highest BCUT2D eigenvalue weighted by Gasteiger charge is 2.35. The van der Waals surface area contributed by atoms with Crippen LogP contribution in [0.5, 0.6) is 5.75 Å². The molecule has 8 nitrogen and oxygen atoms in total. The molecular formula is C25H29N3O5. The van der Waals surface area contributed by atoms with Crippen molar-refractivity contribution in [1.82, 2.24) is 5.32 Å². The number of rotatable bonds is 8. The van der Waals surface area contributed by atoms with Crippen LogP contribution in [-0.4, -0.2) is 50.1 Å². The van der Waals surface area contributed by atoms with E-state index >= 15 is 0 Å². The topological polar surface area (TPSA) is 97.0 Å². The van der Waals surface area contributed by atoms with Gasteiger partial charge in [-0.15, -0.1) is 0 Å². The van der Waals surface area contributed by atoms with Crippen LogP contribution in [0.2, 0.25) is 0 Å². The normalized spacial score (nSPS) is 20.0. The monoisotopic (exact) mass is 451 g/mol. The molecule has 2 fully saturated rings. The predicted octanol–water partition coefficient (Wildman–Crippen LogP) is 2.99. The van der Waals surface area contributed by atoms with Gasteiger partial charge >= 0.3 is 0 Å². The van der Waals surface area contributed by atoms with Gasteiger partial charge in [0.25, 0.3) is 5.91 Å². The van der Waals surface area contributed by atoms with Crippen LogP contribution in [0.3, 0.4) is 0 Å².